The Hall–Kier alpha value is -3.68. The van der Waals surface area contributed by atoms with E-state index in [4.69, 9.17) is 4.52 Å². The maximum atomic E-state index is 12.5. The Bertz CT molecular complexity index is 1220. The first-order valence-corrected chi connectivity index (χ1v) is 11.1. The number of carbonyl (C=O) groups excluding carboxylic acids is 1. The van der Waals surface area contributed by atoms with E-state index in [1.165, 1.54) is 31.4 Å². The number of hydrogen-bond acceptors (Lipinski definition) is 6. The van der Waals surface area contributed by atoms with Crippen LogP contribution < -0.4 is 10.2 Å². The van der Waals surface area contributed by atoms with Gasteiger partial charge in [0.15, 0.2) is 0 Å². The normalized spacial score (nSPS) is 14.5. The molecule has 4 aromatic rings. The van der Waals surface area contributed by atoms with Crippen molar-refractivity contribution in [2.24, 2.45) is 0 Å². The van der Waals surface area contributed by atoms with Crippen LogP contribution in [0.1, 0.15) is 47.8 Å². The fourth-order valence-corrected chi connectivity index (χ4v) is 4.08. The second-order valence-corrected chi connectivity index (χ2v) is 8.26. The molecule has 164 valence electrons. The van der Waals surface area contributed by atoms with Crippen LogP contribution in [0.4, 0.5) is 5.69 Å². The van der Waals surface area contributed by atoms with Gasteiger partial charge in [0.1, 0.15) is 5.82 Å². The molecule has 1 aliphatic rings. The number of nitrogens with one attached hydrogen (secondary N) is 2. The summed E-state index contributed by atoms with van der Waals surface area (Å²) in [4.78, 5) is 26.9. The molecule has 0 radical (unpaired) electrons. The average Bonchev–Trinajstić information content (AvgIpc) is 3.37. The number of fused-ring (bicyclic) bond motifs is 1. The lowest BCUT2D eigenvalue weighted by Gasteiger charge is -2.22. The Morgan fingerprint density at radius 1 is 1.06 bits per heavy atom. The third-order valence-electron chi connectivity index (χ3n) is 5.82. The van der Waals surface area contributed by atoms with Gasteiger partial charge in [0.2, 0.25) is 5.82 Å². The Balaban J connectivity index is 1.23. The average molecular weight is 431 g/mol. The summed E-state index contributed by atoms with van der Waals surface area (Å²) in [7, 11) is 0. The molecule has 1 aliphatic heterocycles. The van der Waals surface area contributed by atoms with Crippen LogP contribution in [-0.4, -0.2) is 39.1 Å². The van der Waals surface area contributed by atoms with E-state index in [0.717, 1.165) is 35.2 Å². The molecular weight excluding hydrogens is 404 g/mol. The molecule has 5 rings (SSSR count). The van der Waals surface area contributed by atoms with E-state index < -0.39 is 5.91 Å². The van der Waals surface area contributed by atoms with Crippen LogP contribution in [0.3, 0.4) is 0 Å². The molecule has 1 saturated heterocycles. The Labute approximate surface area is 186 Å². The van der Waals surface area contributed by atoms with Crippen LogP contribution in [0.25, 0.3) is 22.4 Å². The highest BCUT2D eigenvalue weighted by Crippen LogP contribution is 2.23. The highest BCUT2D eigenvalue weighted by Gasteiger charge is 2.17. The molecule has 0 saturated carbocycles. The second-order valence-electron chi connectivity index (χ2n) is 8.26. The van der Waals surface area contributed by atoms with Crippen molar-refractivity contribution in [3.05, 3.63) is 59.7 Å². The summed E-state index contributed by atoms with van der Waals surface area (Å²) in [6.45, 7) is 4.46. The number of carbonyl (C=O) groups is 1. The number of imidazole rings is 1. The molecule has 2 N–H and O–H groups in total. The van der Waals surface area contributed by atoms with Gasteiger partial charge >= 0.3 is 11.8 Å². The Morgan fingerprint density at radius 2 is 1.84 bits per heavy atom. The first-order valence-electron chi connectivity index (χ1n) is 11.1. The van der Waals surface area contributed by atoms with E-state index in [0.29, 0.717) is 11.6 Å². The fraction of sp³-hybridized carbons (Fsp3) is 0.333. The van der Waals surface area contributed by atoms with Crippen LogP contribution in [0.2, 0.25) is 0 Å². The number of anilines is 1. The van der Waals surface area contributed by atoms with Crippen molar-refractivity contribution in [3.8, 4) is 11.4 Å². The van der Waals surface area contributed by atoms with Gasteiger partial charge in [-0.15, -0.1) is 0 Å². The van der Waals surface area contributed by atoms with Gasteiger partial charge < -0.3 is 19.7 Å². The van der Waals surface area contributed by atoms with E-state index in [1.54, 1.807) is 0 Å². The third-order valence-corrected chi connectivity index (χ3v) is 5.82. The maximum Gasteiger partial charge on any atom is 0.316 e. The summed E-state index contributed by atoms with van der Waals surface area (Å²) < 4.78 is 5.19. The van der Waals surface area contributed by atoms with Crippen molar-refractivity contribution in [2.45, 2.75) is 39.2 Å². The molecule has 0 aliphatic carbocycles. The van der Waals surface area contributed by atoms with Crippen LogP contribution >= 0.6 is 0 Å². The molecule has 0 bridgehead atoms. The molecule has 1 fully saturated rings. The number of rotatable bonds is 5. The van der Waals surface area contributed by atoms with Gasteiger partial charge in [0.25, 0.3) is 0 Å². The van der Waals surface area contributed by atoms with Crippen molar-refractivity contribution < 1.29 is 9.32 Å². The highest BCUT2D eigenvalue weighted by atomic mass is 16.5. The SMILES string of the molecule is Cc1ccc2nc(CNC(=O)c3nc(-c4ccc(N5CCCCCC5)cc4)no3)[nH]c2c1. The predicted molar refractivity (Wildman–Crippen MR) is 122 cm³/mol. The van der Waals surface area contributed by atoms with E-state index in [9.17, 15) is 4.79 Å². The van der Waals surface area contributed by atoms with Crippen molar-refractivity contribution in [1.82, 2.24) is 25.4 Å². The summed E-state index contributed by atoms with van der Waals surface area (Å²) >= 11 is 0. The number of aromatic amines is 1. The zero-order valence-electron chi connectivity index (χ0n) is 18.1. The standard InChI is InChI=1S/C24H26N6O2/c1-16-6-11-19-20(14-16)27-21(26-19)15-25-23(31)24-28-22(29-32-24)17-7-9-18(10-8-17)30-12-4-2-3-5-13-30/h6-11,14H,2-5,12-13,15H2,1H3,(H,25,31)(H,26,27). The minimum absolute atomic E-state index is 0.0662. The van der Waals surface area contributed by atoms with Crippen LogP contribution in [0.15, 0.2) is 47.0 Å². The monoisotopic (exact) mass is 430 g/mol. The molecule has 2 aromatic heterocycles. The number of H-pyrrole nitrogens is 1. The summed E-state index contributed by atoms with van der Waals surface area (Å²) in [6, 6.07) is 14.1. The molecule has 8 nitrogen and oxygen atoms in total. The number of aryl methyl sites for hydroxylation is 1. The van der Waals surface area contributed by atoms with Crippen LogP contribution in [-0.2, 0) is 6.54 Å². The van der Waals surface area contributed by atoms with Crippen LogP contribution in [0.5, 0.6) is 0 Å². The smallest absolute Gasteiger partial charge is 0.316 e. The number of aromatic nitrogens is 4. The summed E-state index contributed by atoms with van der Waals surface area (Å²) in [6.07, 6.45) is 5.08. The Morgan fingerprint density at radius 3 is 2.62 bits per heavy atom. The van der Waals surface area contributed by atoms with Gasteiger partial charge in [0, 0.05) is 24.3 Å². The van der Waals surface area contributed by atoms with E-state index >= 15 is 0 Å². The second kappa shape index (κ2) is 8.82. The summed E-state index contributed by atoms with van der Waals surface area (Å²) in [5.74, 6) is 0.574. The van der Waals surface area contributed by atoms with Crippen LogP contribution in [0, 0.1) is 6.92 Å². The fourth-order valence-electron chi connectivity index (χ4n) is 4.08. The summed E-state index contributed by atoms with van der Waals surface area (Å²) in [5.41, 5.74) is 4.98. The minimum atomic E-state index is -0.429. The highest BCUT2D eigenvalue weighted by molar-refractivity contribution is 5.89. The van der Waals surface area contributed by atoms with Gasteiger partial charge in [-0.1, -0.05) is 24.1 Å². The Kier molecular flexibility index (Phi) is 5.58. The van der Waals surface area contributed by atoms with Crippen molar-refractivity contribution in [3.63, 3.8) is 0 Å². The quantitative estimate of drug-likeness (QED) is 0.491. The van der Waals surface area contributed by atoms with E-state index in [2.05, 4.69) is 42.5 Å². The topological polar surface area (TPSA) is 99.9 Å². The van der Waals surface area contributed by atoms with E-state index in [1.807, 2.05) is 37.3 Å². The molecule has 32 heavy (non-hydrogen) atoms. The minimum Gasteiger partial charge on any atom is -0.372 e. The molecule has 0 unspecified atom stereocenters. The van der Waals surface area contributed by atoms with Gasteiger partial charge in [-0.05, 0) is 61.7 Å². The molecular formula is C24H26N6O2. The van der Waals surface area contributed by atoms with Gasteiger partial charge in [-0.2, -0.15) is 4.98 Å². The lowest BCUT2D eigenvalue weighted by Crippen LogP contribution is -2.23. The molecule has 8 heteroatoms. The number of benzene rings is 2. The van der Waals surface area contributed by atoms with Gasteiger partial charge in [0.05, 0.1) is 17.6 Å². The van der Waals surface area contributed by atoms with Crippen molar-refractivity contribution in [2.75, 3.05) is 18.0 Å². The number of hydrogen-bond donors (Lipinski definition) is 2. The first-order chi connectivity index (χ1) is 15.7. The maximum absolute atomic E-state index is 12.5. The number of nitrogens with zero attached hydrogens (tertiary/aromatic N) is 4. The molecule has 0 spiro atoms. The van der Waals surface area contributed by atoms with Crippen molar-refractivity contribution in [1.29, 1.82) is 0 Å². The van der Waals surface area contributed by atoms with Crippen molar-refractivity contribution >= 4 is 22.6 Å². The zero-order chi connectivity index (χ0) is 21.9. The molecule has 2 aromatic carbocycles. The summed E-state index contributed by atoms with van der Waals surface area (Å²) in [5, 5.41) is 6.76. The molecule has 1 amide bonds. The molecule has 3 heterocycles. The largest absolute Gasteiger partial charge is 0.372 e. The van der Waals surface area contributed by atoms with E-state index in [-0.39, 0.29) is 12.4 Å². The first kappa shape index (κ1) is 20.2. The predicted octanol–water partition coefficient (Wildman–Crippen LogP) is 4.23. The van der Waals surface area contributed by atoms with Gasteiger partial charge in [-0.25, -0.2) is 4.98 Å². The lowest BCUT2D eigenvalue weighted by molar-refractivity contribution is 0.0906. The lowest BCUT2D eigenvalue weighted by atomic mass is 10.2. The third kappa shape index (κ3) is 4.34. The van der Waals surface area contributed by atoms with Gasteiger partial charge in [-0.3, -0.25) is 4.79 Å². The zero-order valence-corrected chi connectivity index (χ0v) is 18.1. The molecule has 0 atom stereocenters. The number of amides is 1.